The molecular formula is C49H61F2N7O6S. The second-order valence-electron chi connectivity index (χ2n) is 18.3. The molecule has 0 saturated carbocycles. The summed E-state index contributed by atoms with van der Waals surface area (Å²) in [7, 11) is 0. The van der Waals surface area contributed by atoms with Gasteiger partial charge in [-0.15, -0.1) is 11.3 Å². The maximum absolute atomic E-state index is 14.0. The van der Waals surface area contributed by atoms with Gasteiger partial charge in [0.15, 0.2) is 0 Å². The van der Waals surface area contributed by atoms with E-state index in [0.29, 0.717) is 31.1 Å². The Bertz CT molecular complexity index is 2380. The lowest BCUT2D eigenvalue weighted by molar-refractivity contribution is -0.144. The summed E-state index contributed by atoms with van der Waals surface area (Å²) in [5.74, 6) is -0.628. The number of hydrogen-bond acceptors (Lipinski definition) is 10. The van der Waals surface area contributed by atoms with Crippen molar-refractivity contribution in [2.75, 3.05) is 32.9 Å². The molecule has 0 unspecified atom stereocenters. The number of para-hydroxylation sites is 1. The first kappa shape index (κ1) is 47.7. The molecule has 3 amide bonds. The van der Waals surface area contributed by atoms with Crippen LogP contribution in [0.25, 0.3) is 21.3 Å². The zero-order valence-electron chi connectivity index (χ0n) is 37.8. The van der Waals surface area contributed by atoms with Gasteiger partial charge in [-0.1, -0.05) is 69.7 Å². The number of β-amino-alcohol motifs (C(OH)–C–C–N with tert-alkyl or cyclic N) is 1. The van der Waals surface area contributed by atoms with Crippen LogP contribution in [0.4, 0.5) is 8.78 Å². The number of ether oxygens (including phenoxy) is 2. The zero-order chi connectivity index (χ0) is 46.3. The van der Waals surface area contributed by atoms with E-state index in [-0.39, 0.29) is 44.6 Å². The Morgan fingerprint density at radius 3 is 2.45 bits per heavy atom. The van der Waals surface area contributed by atoms with E-state index >= 15 is 0 Å². The van der Waals surface area contributed by atoms with Gasteiger partial charge >= 0.3 is 0 Å². The standard InChI is InChI=1S/C49H61F2N7O6S/c1-30-22-37-36-12-8-9-13-38(36)55-43(37)44(57(30)27-41(50)51)39-19-18-35(25-52-39)64-21-11-7-6-10-20-63-28-42(60)56-46(49(3,4)5)48(62)58-26-34(59)23-40(58)47(61)53-24-32-14-16-33(17-15-32)45-31(2)54-29-65-45/h8-9,12-19,25,29-30,34,40-41,44,46,55,59H,6-7,10-11,20-24,26-28H2,1-5H3,(H,53,61)(H,56,60)/t30-,34-,40+,44-,46-/m1/s1. The maximum atomic E-state index is 14.0. The fourth-order valence-corrected chi connectivity index (χ4v) is 9.72. The summed E-state index contributed by atoms with van der Waals surface area (Å²) in [6, 6.07) is 17.3. The van der Waals surface area contributed by atoms with Crippen molar-refractivity contribution in [3.63, 3.8) is 0 Å². The fraction of sp³-hybridized carbons (Fsp3) is 0.490. The number of rotatable bonds is 19. The van der Waals surface area contributed by atoms with Crippen LogP contribution in [0.2, 0.25) is 0 Å². The SMILES string of the molecule is Cc1ncsc1-c1ccc(CNC(=O)[C@@H]2C[C@@H](O)CN2C(=O)[C@@H](NC(=O)COCCCCCCOc2ccc([C@@H]3c4[nH]c5ccccc5c4C[C@@H](C)N3CC(F)F)nc2)C(C)(C)C)cc1. The number of carbonyl (C=O) groups is 3. The van der Waals surface area contributed by atoms with Crippen molar-refractivity contribution in [1.29, 1.82) is 0 Å². The zero-order valence-corrected chi connectivity index (χ0v) is 38.6. The van der Waals surface area contributed by atoms with Crippen molar-refractivity contribution in [3.05, 3.63) is 101 Å². The smallest absolute Gasteiger partial charge is 0.251 e. The largest absolute Gasteiger partial charge is 0.492 e. The predicted molar refractivity (Wildman–Crippen MR) is 247 cm³/mol. The number of nitrogens with one attached hydrogen (secondary N) is 3. The molecule has 2 aliphatic heterocycles. The Morgan fingerprint density at radius 2 is 1.75 bits per heavy atom. The summed E-state index contributed by atoms with van der Waals surface area (Å²) in [6.07, 6.45) is 2.36. The molecule has 65 heavy (non-hydrogen) atoms. The van der Waals surface area contributed by atoms with E-state index in [0.717, 1.165) is 69.5 Å². The topological polar surface area (TPSA) is 162 Å². The van der Waals surface area contributed by atoms with Crippen LogP contribution in [-0.4, -0.2) is 111 Å². The van der Waals surface area contributed by atoms with Crippen molar-refractivity contribution < 1.29 is 37.7 Å². The van der Waals surface area contributed by atoms with Gasteiger partial charge in [0.1, 0.15) is 24.4 Å². The number of aryl methyl sites for hydroxylation is 1. The second-order valence-corrected chi connectivity index (χ2v) is 19.1. The fourth-order valence-electron chi connectivity index (χ4n) is 8.91. The van der Waals surface area contributed by atoms with E-state index in [1.54, 1.807) is 17.5 Å². The van der Waals surface area contributed by atoms with Crippen molar-refractivity contribution in [2.45, 2.75) is 116 Å². The molecule has 7 rings (SSSR count). The van der Waals surface area contributed by atoms with Gasteiger partial charge in [0.25, 0.3) is 6.43 Å². The van der Waals surface area contributed by atoms with E-state index in [1.165, 1.54) is 4.90 Å². The Kier molecular flexibility index (Phi) is 15.7. The van der Waals surface area contributed by atoms with Gasteiger partial charge in [0, 0.05) is 48.8 Å². The molecule has 4 N–H and O–H groups in total. The van der Waals surface area contributed by atoms with E-state index in [9.17, 15) is 28.3 Å². The van der Waals surface area contributed by atoms with Gasteiger partial charge in [0.05, 0.1) is 53.3 Å². The van der Waals surface area contributed by atoms with Crippen LogP contribution in [0.1, 0.15) is 94.0 Å². The third-order valence-corrected chi connectivity index (χ3v) is 13.3. The number of carbonyl (C=O) groups excluding carboxylic acids is 3. The van der Waals surface area contributed by atoms with Crippen LogP contribution in [0.3, 0.4) is 0 Å². The first-order valence-electron chi connectivity index (χ1n) is 22.5. The summed E-state index contributed by atoms with van der Waals surface area (Å²) >= 11 is 1.57. The van der Waals surface area contributed by atoms with E-state index in [4.69, 9.17) is 14.5 Å². The number of likely N-dealkylation sites (tertiary alicyclic amines) is 1. The van der Waals surface area contributed by atoms with E-state index in [2.05, 4.69) is 26.7 Å². The molecule has 0 bridgehead atoms. The molecule has 3 aromatic heterocycles. The summed E-state index contributed by atoms with van der Waals surface area (Å²) in [6.45, 7) is 10.0. The number of fused-ring (bicyclic) bond motifs is 3. The molecule has 0 radical (unpaired) electrons. The number of halogens is 2. The quantitative estimate of drug-likeness (QED) is 0.0621. The van der Waals surface area contributed by atoms with Gasteiger partial charge in [-0.3, -0.25) is 24.3 Å². The molecule has 1 saturated heterocycles. The predicted octanol–water partition coefficient (Wildman–Crippen LogP) is 7.36. The number of aromatic amines is 1. The highest BCUT2D eigenvalue weighted by Gasteiger charge is 2.44. The van der Waals surface area contributed by atoms with Crippen LogP contribution in [0, 0.1) is 12.3 Å². The second kappa shape index (κ2) is 21.3. The average molecular weight is 914 g/mol. The van der Waals surface area contributed by atoms with Crippen LogP contribution in [-0.2, 0) is 32.1 Å². The molecule has 348 valence electrons. The molecule has 5 aromatic rings. The highest BCUT2D eigenvalue weighted by atomic mass is 32.1. The number of H-pyrrole nitrogens is 1. The van der Waals surface area contributed by atoms with Crippen molar-refractivity contribution >= 4 is 40.0 Å². The van der Waals surface area contributed by atoms with Crippen molar-refractivity contribution in [1.82, 2.24) is 35.4 Å². The molecule has 5 atom stereocenters. The summed E-state index contributed by atoms with van der Waals surface area (Å²) in [4.78, 5) is 57.3. The van der Waals surface area contributed by atoms with Gasteiger partial charge < -0.3 is 35.1 Å². The number of aliphatic hydroxyl groups excluding tert-OH is 1. The van der Waals surface area contributed by atoms with Crippen LogP contribution >= 0.6 is 11.3 Å². The molecule has 0 aliphatic carbocycles. The molecule has 16 heteroatoms. The molecule has 1 fully saturated rings. The third kappa shape index (κ3) is 11.8. The van der Waals surface area contributed by atoms with Crippen LogP contribution in [0.5, 0.6) is 5.75 Å². The minimum Gasteiger partial charge on any atom is -0.492 e. The van der Waals surface area contributed by atoms with E-state index in [1.807, 2.05) is 99.6 Å². The highest BCUT2D eigenvalue weighted by Crippen LogP contribution is 2.41. The molecule has 2 aliphatic rings. The molecule has 13 nitrogen and oxygen atoms in total. The molecule has 0 spiro atoms. The number of alkyl halides is 2. The Morgan fingerprint density at radius 1 is 1.00 bits per heavy atom. The normalized spacial score (nSPS) is 19.4. The van der Waals surface area contributed by atoms with Gasteiger partial charge in [0.2, 0.25) is 17.7 Å². The first-order valence-corrected chi connectivity index (χ1v) is 23.4. The lowest BCUT2D eigenvalue weighted by Gasteiger charge is -2.40. The summed E-state index contributed by atoms with van der Waals surface area (Å²) in [5.41, 5.74) is 7.76. The number of nitrogens with zero attached hydrogens (tertiary/aromatic N) is 4. The highest BCUT2D eigenvalue weighted by molar-refractivity contribution is 7.13. The molecular weight excluding hydrogens is 853 g/mol. The number of unbranched alkanes of at least 4 members (excludes halogenated alkanes) is 3. The summed E-state index contributed by atoms with van der Waals surface area (Å²) < 4.78 is 39.2. The minimum absolute atomic E-state index is 0.00952. The number of aliphatic hydroxyl groups is 1. The Balaban J connectivity index is 0.816. The lowest BCUT2D eigenvalue weighted by atomic mass is 9.85. The monoisotopic (exact) mass is 913 g/mol. The van der Waals surface area contributed by atoms with Crippen LogP contribution < -0.4 is 15.4 Å². The number of amides is 3. The Hall–Kier alpha value is -5.29. The van der Waals surface area contributed by atoms with E-state index < -0.39 is 47.9 Å². The van der Waals surface area contributed by atoms with Crippen LogP contribution in [0.15, 0.2) is 72.4 Å². The number of pyridine rings is 1. The van der Waals surface area contributed by atoms with Gasteiger partial charge in [-0.05, 0) is 79.8 Å². The number of aromatic nitrogens is 3. The number of thiazole rings is 1. The number of benzene rings is 2. The minimum atomic E-state index is -2.47. The maximum Gasteiger partial charge on any atom is 0.251 e. The molecule has 2 aromatic carbocycles. The van der Waals surface area contributed by atoms with Crippen molar-refractivity contribution in [2.24, 2.45) is 5.41 Å². The first-order chi connectivity index (χ1) is 31.2. The Labute approximate surface area is 383 Å². The summed E-state index contributed by atoms with van der Waals surface area (Å²) in [5, 5.41) is 17.4. The van der Waals surface area contributed by atoms with Crippen molar-refractivity contribution in [3.8, 4) is 16.2 Å². The van der Waals surface area contributed by atoms with Gasteiger partial charge in [-0.25, -0.2) is 13.8 Å². The van der Waals surface area contributed by atoms with Gasteiger partial charge in [-0.2, -0.15) is 0 Å². The lowest BCUT2D eigenvalue weighted by Crippen LogP contribution is -2.58. The average Bonchev–Trinajstić information content (AvgIpc) is 4.00. The third-order valence-electron chi connectivity index (χ3n) is 12.3. The number of hydrogen-bond donors (Lipinski definition) is 4. The molecule has 5 heterocycles.